The quantitative estimate of drug-likeness (QED) is 0.754. The number of hydrogen-bond donors (Lipinski definition) is 2. The number of carbonyl (C=O) groups excluding carboxylic acids is 2. The number of nitrogen functional groups attached to an aromatic ring is 1. The maximum Gasteiger partial charge on any atom is 0.261 e. The molecule has 1 atom stereocenters. The van der Waals surface area contributed by atoms with Crippen LogP contribution in [0.1, 0.15) is 12.8 Å². The first-order valence-corrected chi connectivity index (χ1v) is 6.15. The molecule has 1 unspecified atom stereocenters. The average molecular weight is 263 g/mol. The number of carbonyl (C=O) groups is 2. The fourth-order valence-electron chi connectivity index (χ4n) is 2.20. The molecule has 1 saturated heterocycles. The van der Waals surface area contributed by atoms with Gasteiger partial charge in [0.25, 0.3) is 5.91 Å². The molecule has 1 aromatic rings. The lowest BCUT2D eigenvalue weighted by Crippen LogP contribution is -2.45. The number of benzene rings is 1. The highest BCUT2D eigenvalue weighted by Crippen LogP contribution is 2.21. The van der Waals surface area contributed by atoms with Crippen molar-refractivity contribution >= 4 is 17.5 Å². The third kappa shape index (κ3) is 2.96. The number of primary amides is 1. The summed E-state index contributed by atoms with van der Waals surface area (Å²) >= 11 is 0. The molecule has 0 aliphatic carbocycles. The Hall–Kier alpha value is -2.24. The second-order valence-corrected chi connectivity index (χ2v) is 4.47. The number of likely N-dealkylation sites (tertiary alicyclic amines) is 1. The SMILES string of the molecule is NC(=O)C1CCCN1C(=O)COc1ccccc1N. The van der Waals surface area contributed by atoms with Gasteiger partial charge in [0.1, 0.15) is 11.8 Å². The number of rotatable bonds is 4. The van der Waals surface area contributed by atoms with Gasteiger partial charge in [0, 0.05) is 6.54 Å². The Morgan fingerprint density at radius 1 is 1.37 bits per heavy atom. The minimum absolute atomic E-state index is 0.141. The van der Waals surface area contributed by atoms with Gasteiger partial charge in [-0.15, -0.1) is 0 Å². The van der Waals surface area contributed by atoms with Gasteiger partial charge in [0.15, 0.2) is 6.61 Å². The van der Waals surface area contributed by atoms with Crippen LogP contribution in [-0.2, 0) is 9.59 Å². The molecule has 2 rings (SSSR count). The second-order valence-electron chi connectivity index (χ2n) is 4.47. The number of amides is 2. The third-order valence-corrected chi connectivity index (χ3v) is 3.17. The van der Waals surface area contributed by atoms with Crippen LogP contribution >= 0.6 is 0 Å². The van der Waals surface area contributed by atoms with Gasteiger partial charge in [-0.25, -0.2) is 0 Å². The maximum absolute atomic E-state index is 12.0. The van der Waals surface area contributed by atoms with E-state index >= 15 is 0 Å². The van der Waals surface area contributed by atoms with Crippen LogP contribution in [0.4, 0.5) is 5.69 Å². The highest BCUT2D eigenvalue weighted by Gasteiger charge is 2.32. The Bertz CT molecular complexity index is 490. The molecule has 4 N–H and O–H groups in total. The van der Waals surface area contributed by atoms with Crippen LogP contribution in [0.5, 0.6) is 5.75 Å². The second kappa shape index (κ2) is 5.60. The Morgan fingerprint density at radius 2 is 2.11 bits per heavy atom. The largest absolute Gasteiger partial charge is 0.482 e. The third-order valence-electron chi connectivity index (χ3n) is 3.17. The summed E-state index contributed by atoms with van der Waals surface area (Å²) in [5, 5.41) is 0. The Labute approximate surface area is 111 Å². The average Bonchev–Trinajstić information content (AvgIpc) is 2.87. The summed E-state index contributed by atoms with van der Waals surface area (Å²) in [6, 6.07) is 6.44. The monoisotopic (exact) mass is 263 g/mol. The zero-order valence-electron chi connectivity index (χ0n) is 10.5. The van der Waals surface area contributed by atoms with Crippen LogP contribution in [-0.4, -0.2) is 35.9 Å². The summed E-state index contributed by atoms with van der Waals surface area (Å²) in [7, 11) is 0. The van der Waals surface area contributed by atoms with E-state index in [1.807, 2.05) is 0 Å². The molecule has 6 heteroatoms. The van der Waals surface area contributed by atoms with Crippen molar-refractivity contribution in [3.8, 4) is 5.75 Å². The minimum atomic E-state index is -0.510. The molecule has 2 amide bonds. The molecule has 0 bridgehead atoms. The summed E-state index contributed by atoms with van der Waals surface area (Å²) in [6.07, 6.45) is 1.40. The highest BCUT2D eigenvalue weighted by molar-refractivity contribution is 5.87. The topological polar surface area (TPSA) is 98.7 Å². The Morgan fingerprint density at radius 3 is 2.79 bits per heavy atom. The van der Waals surface area contributed by atoms with E-state index in [2.05, 4.69) is 0 Å². The van der Waals surface area contributed by atoms with Crippen molar-refractivity contribution in [2.45, 2.75) is 18.9 Å². The summed E-state index contributed by atoms with van der Waals surface area (Å²) in [5.41, 5.74) is 11.5. The summed E-state index contributed by atoms with van der Waals surface area (Å²) < 4.78 is 5.37. The zero-order chi connectivity index (χ0) is 13.8. The molecular weight excluding hydrogens is 246 g/mol. The maximum atomic E-state index is 12.0. The predicted molar refractivity (Wildman–Crippen MR) is 70.3 cm³/mol. The molecule has 1 aliphatic heterocycles. The molecule has 102 valence electrons. The van der Waals surface area contributed by atoms with Gasteiger partial charge < -0.3 is 21.1 Å². The van der Waals surface area contributed by atoms with Crippen LogP contribution in [0.25, 0.3) is 0 Å². The number of hydrogen-bond acceptors (Lipinski definition) is 4. The van der Waals surface area contributed by atoms with Crippen molar-refractivity contribution in [3.05, 3.63) is 24.3 Å². The normalized spacial score (nSPS) is 18.3. The summed E-state index contributed by atoms with van der Waals surface area (Å²) in [5.74, 6) is -0.250. The fourth-order valence-corrected chi connectivity index (χ4v) is 2.20. The lowest BCUT2D eigenvalue weighted by molar-refractivity contribution is -0.138. The fraction of sp³-hybridized carbons (Fsp3) is 0.385. The smallest absolute Gasteiger partial charge is 0.261 e. The van der Waals surface area contributed by atoms with E-state index < -0.39 is 11.9 Å². The lowest BCUT2D eigenvalue weighted by atomic mass is 10.2. The number of para-hydroxylation sites is 2. The van der Waals surface area contributed by atoms with Crippen molar-refractivity contribution in [1.29, 1.82) is 0 Å². The van der Waals surface area contributed by atoms with E-state index in [-0.39, 0.29) is 12.5 Å². The van der Waals surface area contributed by atoms with Gasteiger partial charge >= 0.3 is 0 Å². The molecule has 1 heterocycles. The van der Waals surface area contributed by atoms with Gasteiger partial charge in [-0.1, -0.05) is 12.1 Å². The van der Waals surface area contributed by atoms with E-state index in [9.17, 15) is 9.59 Å². The standard InChI is InChI=1S/C13H17N3O3/c14-9-4-1-2-6-11(9)19-8-12(17)16-7-3-5-10(16)13(15)18/h1-2,4,6,10H,3,5,7-8,14H2,(H2,15,18). The molecule has 1 fully saturated rings. The first-order valence-electron chi connectivity index (χ1n) is 6.15. The van der Waals surface area contributed by atoms with E-state index in [4.69, 9.17) is 16.2 Å². The summed E-state index contributed by atoms with van der Waals surface area (Å²) in [4.78, 5) is 24.7. The highest BCUT2D eigenvalue weighted by atomic mass is 16.5. The van der Waals surface area contributed by atoms with Crippen molar-refractivity contribution in [1.82, 2.24) is 4.90 Å². The van der Waals surface area contributed by atoms with Crippen LogP contribution < -0.4 is 16.2 Å². The summed E-state index contributed by atoms with van der Waals surface area (Å²) in [6.45, 7) is 0.401. The molecule has 1 aliphatic rings. The minimum Gasteiger partial charge on any atom is -0.482 e. The van der Waals surface area contributed by atoms with Gasteiger partial charge in [0.2, 0.25) is 5.91 Å². The molecule has 19 heavy (non-hydrogen) atoms. The molecule has 0 aromatic heterocycles. The molecule has 6 nitrogen and oxygen atoms in total. The number of nitrogens with two attached hydrogens (primary N) is 2. The van der Waals surface area contributed by atoms with E-state index in [0.29, 0.717) is 24.4 Å². The van der Waals surface area contributed by atoms with Crippen molar-refractivity contribution in [2.75, 3.05) is 18.9 Å². The van der Waals surface area contributed by atoms with E-state index in [1.165, 1.54) is 4.90 Å². The molecule has 0 radical (unpaired) electrons. The number of anilines is 1. The van der Waals surface area contributed by atoms with E-state index in [1.54, 1.807) is 24.3 Å². The predicted octanol–water partition coefficient (Wildman–Crippen LogP) is 0.124. The van der Waals surface area contributed by atoms with Crippen molar-refractivity contribution in [2.24, 2.45) is 5.73 Å². The zero-order valence-corrected chi connectivity index (χ0v) is 10.5. The number of ether oxygens (including phenoxy) is 1. The van der Waals surface area contributed by atoms with E-state index in [0.717, 1.165) is 6.42 Å². The van der Waals surface area contributed by atoms with Gasteiger partial charge in [-0.3, -0.25) is 9.59 Å². The van der Waals surface area contributed by atoms with Gasteiger partial charge in [-0.05, 0) is 25.0 Å². The van der Waals surface area contributed by atoms with Crippen LogP contribution in [0.3, 0.4) is 0 Å². The first-order chi connectivity index (χ1) is 9.09. The lowest BCUT2D eigenvalue weighted by Gasteiger charge is -2.22. The molecular formula is C13H17N3O3. The van der Waals surface area contributed by atoms with Crippen molar-refractivity contribution in [3.63, 3.8) is 0 Å². The first kappa shape index (κ1) is 13.2. The van der Waals surface area contributed by atoms with Crippen LogP contribution in [0.15, 0.2) is 24.3 Å². The van der Waals surface area contributed by atoms with Gasteiger partial charge in [-0.2, -0.15) is 0 Å². The van der Waals surface area contributed by atoms with Crippen LogP contribution in [0, 0.1) is 0 Å². The number of nitrogens with zero attached hydrogens (tertiary/aromatic N) is 1. The Balaban J connectivity index is 1.95. The van der Waals surface area contributed by atoms with Crippen LogP contribution in [0.2, 0.25) is 0 Å². The van der Waals surface area contributed by atoms with Gasteiger partial charge in [0.05, 0.1) is 5.69 Å². The molecule has 0 saturated carbocycles. The Kier molecular flexibility index (Phi) is 3.89. The molecule has 1 aromatic carbocycles. The van der Waals surface area contributed by atoms with Crippen molar-refractivity contribution < 1.29 is 14.3 Å². The molecule has 0 spiro atoms.